The minimum absolute atomic E-state index is 0.0438. The summed E-state index contributed by atoms with van der Waals surface area (Å²) in [6, 6.07) is 2.15. The third kappa shape index (κ3) is 2.63. The highest BCUT2D eigenvalue weighted by Gasteiger charge is 2.37. The van der Waals surface area contributed by atoms with E-state index >= 15 is 0 Å². The number of hydrogen-bond donors (Lipinski definition) is 1. The maximum atomic E-state index is 12.3. The lowest BCUT2D eigenvalue weighted by Crippen LogP contribution is -2.24. The molecule has 0 bridgehead atoms. The molecule has 1 aromatic rings. The molecule has 0 aromatic carbocycles. The fourth-order valence-corrected chi connectivity index (χ4v) is 3.82. The summed E-state index contributed by atoms with van der Waals surface area (Å²) < 4.78 is 2.29. The van der Waals surface area contributed by atoms with Crippen LogP contribution in [0.4, 0.5) is 0 Å². The molecule has 0 radical (unpaired) electrons. The van der Waals surface area contributed by atoms with Crippen LogP contribution >= 0.6 is 0 Å². The molecule has 3 heterocycles. The molecule has 122 valence electrons. The van der Waals surface area contributed by atoms with Crippen molar-refractivity contribution < 1.29 is 4.79 Å². The van der Waals surface area contributed by atoms with E-state index in [-0.39, 0.29) is 5.91 Å². The second-order valence-electron chi connectivity index (χ2n) is 7.00. The number of amides is 1. The number of aromatic nitrogens is 1. The van der Waals surface area contributed by atoms with Gasteiger partial charge in [-0.05, 0) is 69.8 Å². The average Bonchev–Trinajstić information content (AvgIpc) is 2.93. The number of carbonyl (C=O) groups is 1. The van der Waals surface area contributed by atoms with Gasteiger partial charge in [-0.1, -0.05) is 0 Å². The van der Waals surface area contributed by atoms with Crippen LogP contribution in [0.15, 0.2) is 22.9 Å². The number of hydrogen-bond acceptors (Lipinski definition) is 3. The van der Waals surface area contributed by atoms with Crippen LogP contribution in [0.2, 0.25) is 0 Å². The molecule has 0 unspecified atom stereocenters. The molecule has 1 saturated carbocycles. The minimum atomic E-state index is -0.0438. The number of carbonyl (C=O) groups excluding carboxylic acids is 1. The molecule has 23 heavy (non-hydrogen) atoms. The topological polar surface area (TPSA) is 49.6 Å². The largest absolute Gasteiger partial charge is 0.334 e. The highest BCUT2D eigenvalue weighted by Crippen LogP contribution is 2.37. The molecular weight excluding hydrogens is 288 g/mol. The van der Waals surface area contributed by atoms with Gasteiger partial charge in [0.15, 0.2) is 0 Å². The maximum Gasteiger partial charge on any atom is 0.273 e. The second-order valence-corrected chi connectivity index (χ2v) is 7.00. The molecular formula is C18H24N4O. The molecule has 0 atom stereocenters. The molecule has 4 rings (SSSR count). The van der Waals surface area contributed by atoms with Gasteiger partial charge >= 0.3 is 0 Å². The van der Waals surface area contributed by atoms with Crippen molar-refractivity contribution in [1.29, 1.82) is 0 Å². The predicted octanol–water partition coefficient (Wildman–Crippen LogP) is 2.52. The Morgan fingerprint density at radius 3 is 2.78 bits per heavy atom. The zero-order valence-corrected chi connectivity index (χ0v) is 13.9. The zero-order chi connectivity index (χ0) is 16.0. The molecule has 1 N–H and O–H groups in total. The van der Waals surface area contributed by atoms with E-state index in [1.807, 2.05) is 0 Å². The Hall–Kier alpha value is -1.88. The Morgan fingerprint density at radius 1 is 1.35 bits per heavy atom. The second kappa shape index (κ2) is 5.64. The quantitative estimate of drug-likeness (QED) is 0.869. The van der Waals surface area contributed by atoms with Crippen molar-refractivity contribution >= 4 is 17.2 Å². The number of rotatable bonds is 4. The molecule has 2 aliphatic heterocycles. The van der Waals surface area contributed by atoms with E-state index in [2.05, 4.69) is 46.1 Å². The molecule has 1 saturated heterocycles. The van der Waals surface area contributed by atoms with Crippen molar-refractivity contribution in [2.45, 2.75) is 46.2 Å². The van der Waals surface area contributed by atoms with Crippen LogP contribution in [0.25, 0.3) is 5.57 Å². The molecule has 1 aliphatic carbocycles. The first-order valence-corrected chi connectivity index (χ1v) is 8.63. The summed E-state index contributed by atoms with van der Waals surface area (Å²) in [7, 11) is 0. The number of hydrazone groups is 1. The third-order valence-electron chi connectivity index (χ3n) is 5.17. The summed E-state index contributed by atoms with van der Waals surface area (Å²) >= 11 is 0. The lowest BCUT2D eigenvalue weighted by atomic mass is 9.97. The van der Waals surface area contributed by atoms with Crippen molar-refractivity contribution in [3.05, 3.63) is 29.1 Å². The van der Waals surface area contributed by atoms with E-state index in [4.69, 9.17) is 0 Å². The van der Waals surface area contributed by atoms with E-state index in [1.165, 1.54) is 37.2 Å². The Labute approximate surface area is 137 Å². The van der Waals surface area contributed by atoms with Gasteiger partial charge in [-0.2, -0.15) is 5.10 Å². The van der Waals surface area contributed by atoms with Crippen molar-refractivity contribution in [1.82, 2.24) is 14.9 Å². The van der Waals surface area contributed by atoms with E-state index in [0.717, 1.165) is 36.4 Å². The van der Waals surface area contributed by atoms with Crippen LogP contribution in [0, 0.1) is 12.8 Å². The summed E-state index contributed by atoms with van der Waals surface area (Å²) in [5.41, 5.74) is 7.91. The minimum Gasteiger partial charge on any atom is -0.334 e. The number of likely N-dealkylation sites (tertiary alicyclic amines) is 1. The van der Waals surface area contributed by atoms with Crippen LogP contribution in [-0.4, -0.2) is 34.2 Å². The van der Waals surface area contributed by atoms with Crippen molar-refractivity contribution in [3.63, 3.8) is 0 Å². The highest BCUT2D eigenvalue weighted by molar-refractivity contribution is 6.30. The van der Waals surface area contributed by atoms with Crippen LogP contribution in [-0.2, 0) is 11.5 Å². The Bertz CT molecular complexity index is 703. The van der Waals surface area contributed by atoms with Gasteiger partial charge in [0.05, 0.1) is 18.0 Å². The van der Waals surface area contributed by atoms with Gasteiger partial charge in [-0.25, -0.2) is 5.43 Å². The van der Waals surface area contributed by atoms with Crippen LogP contribution < -0.4 is 5.43 Å². The first kappa shape index (κ1) is 14.7. The van der Waals surface area contributed by atoms with Crippen molar-refractivity contribution in [2.24, 2.45) is 11.0 Å². The molecule has 0 spiro atoms. The zero-order valence-electron chi connectivity index (χ0n) is 13.9. The van der Waals surface area contributed by atoms with Crippen LogP contribution in [0.3, 0.4) is 0 Å². The van der Waals surface area contributed by atoms with Crippen LogP contribution in [0.5, 0.6) is 0 Å². The molecule has 5 heteroatoms. The maximum absolute atomic E-state index is 12.3. The lowest BCUT2D eigenvalue weighted by Gasteiger charge is -2.19. The number of nitrogens with one attached hydrogen (secondary N) is 1. The van der Waals surface area contributed by atoms with E-state index in [0.29, 0.717) is 5.92 Å². The smallest absolute Gasteiger partial charge is 0.273 e. The van der Waals surface area contributed by atoms with E-state index < -0.39 is 0 Å². The van der Waals surface area contributed by atoms with Gasteiger partial charge in [-0.3, -0.25) is 9.69 Å². The molecule has 1 aromatic heterocycles. The monoisotopic (exact) mass is 312 g/mol. The fourth-order valence-electron chi connectivity index (χ4n) is 3.82. The molecule has 2 fully saturated rings. The van der Waals surface area contributed by atoms with Crippen molar-refractivity contribution in [2.75, 3.05) is 13.1 Å². The summed E-state index contributed by atoms with van der Waals surface area (Å²) in [5, 5.41) is 4.29. The predicted molar refractivity (Wildman–Crippen MR) is 90.9 cm³/mol. The molecule has 3 aliphatic rings. The first-order valence-electron chi connectivity index (χ1n) is 8.63. The number of aryl methyl sites for hydroxylation is 1. The first-order chi connectivity index (χ1) is 11.1. The summed E-state index contributed by atoms with van der Waals surface area (Å²) in [4.78, 5) is 14.8. The Balaban J connectivity index is 1.71. The summed E-state index contributed by atoms with van der Waals surface area (Å²) in [6.45, 7) is 7.44. The third-order valence-corrected chi connectivity index (χ3v) is 5.17. The van der Waals surface area contributed by atoms with Gasteiger partial charge < -0.3 is 4.57 Å². The van der Waals surface area contributed by atoms with Gasteiger partial charge in [-0.15, -0.1) is 0 Å². The highest BCUT2D eigenvalue weighted by atomic mass is 16.2. The number of allylic oxidation sites excluding steroid dienone is 1. The summed E-state index contributed by atoms with van der Waals surface area (Å²) in [6.07, 6.45) is 7.03. The summed E-state index contributed by atoms with van der Waals surface area (Å²) in [5.74, 6) is 0.430. The lowest BCUT2D eigenvalue weighted by molar-refractivity contribution is -0.116. The molecule has 1 amide bonds. The van der Waals surface area contributed by atoms with Gasteiger partial charge in [0, 0.05) is 17.8 Å². The van der Waals surface area contributed by atoms with Crippen molar-refractivity contribution in [3.8, 4) is 0 Å². The average molecular weight is 312 g/mol. The Morgan fingerprint density at radius 2 is 2.09 bits per heavy atom. The van der Waals surface area contributed by atoms with Gasteiger partial charge in [0.25, 0.3) is 5.91 Å². The standard InChI is InChI=1S/C18H24N4O/c1-12-7-10-22(11-21-8-3-4-9-21)17(12)13(2)15-16(14-5-6-14)19-20-18(15)23/h7,10,14H,3-6,8-9,11H2,1-2H3,(H,20,23)/b15-13-. The van der Waals surface area contributed by atoms with Crippen LogP contribution in [0.1, 0.15) is 43.9 Å². The van der Waals surface area contributed by atoms with Gasteiger partial charge in [0.2, 0.25) is 0 Å². The Kier molecular flexibility index (Phi) is 3.60. The fraction of sp³-hybridized carbons (Fsp3) is 0.556. The van der Waals surface area contributed by atoms with E-state index in [1.54, 1.807) is 0 Å². The molecule has 5 nitrogen and oxygen atoms in total. The van der Waals surface area contributed by atoms with E-state index in [9.17, 15) is 4.79 Å². The van der Waals surface area contributed by atoms with Gasteiger partial charge in [0.1, 0.15) is 0 Å². The normalized spacial score (nSPS) is 24.1. The SMILES string of the molecule is C/C(=C1/C(=O)NN=C1C1CC1)c1c(C)ccn1CN1CCCC1. The number of nitrogens with zero attached hydrogens (tertiary/aromatic N) is 3.